The first-order valence-electron chi connectivity index (χ1n) is 7.35. The second-order valence-corrected chi connectivity index (χ2v) is 5.67. The number of ketones is 1. The van der Waals surface area contributed by atoms with Gasteiger partial charge in [-0.1, -0.05) is 35.9 Å². The lowest BCUT2D eigenvalue weighted by atomic mass is 10.1. The van der Waals surface area contributed by atoms with Gasteiger partial charge >= 0.3 is 5.97 Å². The number of hydrogen-bond donors (Lipinski definition) is 1. The highest BCUT2D eigenvalue weighted by molar-refractivity contribution is 6.30. The summed E-state index contributed by atoms with van der Waals surface area (Å²) in [7, 11) is 0. The molecule has 7 heteroatoms. The molecular formula is C18H15ClFNO4. The topological polar surface area (TPSA) is 72.5 Å². The fourth-order valence-corrected chi connectivity index (χ4v) is 2.14. The quantitative estimate of drug-likeness (QED) is 0.632. The van der Waals surface area contributed by atoms with Crippen LogP contribution in [-0.2, 0) is 16.1 Å². The van der Waals surface area contributed by atoms with Crippen molar-refractivity contribution >= 4 is 29.3 Å². The number of carbonyl (C=O) groups is 3. The average Bonchev–Trinajstić information content (AvgIpc) is 2.58. The van der Waals surface area contributed by atoms with Crippen LogP contribution in [0.15, 0.2) is 42.5 Å². The number of amides is 1. The van der Waals surface area contributed by atoms with Gasteiger partial charge in [-0.05, 0) is 23.8 Å². The molecular weight excluding hydrogens is 349 g/mol. The molecule has 0 unspecified atom stereocenters. The van der Waals surface area contributed by atoms with Crippen molar-refractivity contribution in [2.24, 2.45) is 0 Å². The van der Waals surface area contributed by atoms with Crippen molar-refractivity contribution in [2.75, 3.05) is 6.61 Å². The van der Waals surface area contributed by atoms with Gasteiger partial charge in [0.15, 0.2) is 12.4 Å². The molecule has 0 radical (unpaired) electrons. The van der Waals surface area contributed by atoms with Gasteiger partial charge < -0.3 is 10.1 Å². The summed E-state index contributed by atoms with van der Waals surface area (Å²) < 4.78 is 18.5. The highest BCUT2D eigenvalue weighted by Crippen LogP contribution is 2.15. The van der Waals surface area contributed by atoms with Crippen LogP contribution in [0.5, 0.6) is 0 Å². The molecule has 0 aliphatic rings. The number of ether oxygens (including phenoxy) is 1. The smallest absolute Gasteiger partial charge is 0.341 e. The van der Waals surface area contributed by atoms with Crippen LogP contribution >= 0.6 is 11.6 Å². The average molecular weight is 364 g/mol. The minimum atomic E-state index is -0.940. The molecule has 0 spiro atoms. The second-order valence-electron chi connectivity index (χ2n) is 5.23. The van der Waals surface area contributed by atoms with E-state index in [4.69, 9.17) is 16.3 Å². The van der Waals surface area contributed by atoms with Crippen LogP contribution in [0, 0.1) is 5.82 Å². The Morgan fingerprint density at radius 2 is 1.80 bits per heavy atom. The van der Waals surface area contributed by atoms with E-state index in [1.54, 1.807) is 24.3 Å². The Kier molecular flexibility index (Phi) is 6.25. The van der Waals surface area contributed by atoms with Crippen LogP contribution in [-0.4, -0.2) is 24.3 Å². The zero-order valence-electron chi connectivity index (χ0n) is 13.3. The maximum Gasteiger partial charge on any atom is 0.341 e. The fraction of sp³-hybridized carbons (Fsp3) is 0.167. The Morgan fingerprint density at radius 1 is 1.12 bits per heavy atom. The van der Waals surface area contributed by atoms with Gasteiger partial charge in [0, 0.05) is 24.1 Å². The van der Waals surface area contributed by atoms with Crippen molar-refractivity contribution in [1.82, 2.24) is 5.32 Å². The van der Waals surface area contributed by atoms with E-state index in [9.17, 15) is 18.8 Å². The minimum Gasteiger partial charge on any atom is -0.454 e. The molecule has 0 saturated heterocycles. The molecule has 0 aliphatic heterocycles. The predicted octanol–water partition coefficient (Wildman–Crippen LogP) is 3.15. The summed E-state index contributed by atoms with van der Waals surface area (Å²) in [4.78, 5) is 34.7. The Balaban J connectivity index is 1.93. The van der Waals surface area contributed by atoms with E-state index in [0.717, 1.165) is 11.6 Å². The monoisotopic (exact) mass is 363 g/mol. The van der Waals surface area contributed by atoms with Gasteiger partial charge in [0.2, 0.25) is 5.91 Å². The number of nitrogens with one attached hydrogen (secondary N) is 1. The number of Topliss-reactive ketones (excluding diaryl/α,β-unsaturated/α-hetero) is 1. The van der Waals surface area contributed by atoms with Gasteiger partial charge in [0.1, 0.15) is 5.82 Å². The molecule has 0 saturated carbocycles. The van der Waals surface area contributed by atoms with E-state index in [0.29, 0.717) is 12.1 Å². The lowest BCUT2D eigenvalue weighted by molar-refractivity contribution is -0.119. The molecule has 0 aromatic heterocycles. The summed E-state index contributed by atoms with van der Waals surface area (Å²) in [5.41, 5.74) is 0.880. The zero-order valence-corrected chi connectivity index (χ0v) is 14.1. The van der Waals surface area contributed by atoms with Crippen molar-refractivity contribution in [2.45, 2.75) is 13.5 Å². The summed E-state index contributed by atoms with van der Waals surface area (Å²) in [6.07, 6.45) is 0. The third-order valence-corrected chi connectivity index (χ3v) is 3.54. The number of hydrogen-bond acceptors (Lipinski definition) is 4. The molecule has 0 heterocycles. The number of halogens is 2. The summed E-state index contributed by atoms with van der Waals surface area (Å²) in [5, 5.41) is 2.80. The maximum absolute atomic E-state index is 13.6. The second kappa shape index (κ2) is 8.39. The van der Waals surface area contributed by atoms with E-state index in [-0.39, 0.29) is 16.5 Å². The SMILES string of the molecule is CC(=O)NCc1ccc(C(=O)COC(=O)c2ccc(Cl)cc2F)cc1. The number of carbonyl (C=O) groups excluding carboxylic acids is 3. The fourth-order valence-electron chi connectivity index (χ4n) is 1.98. The molecule has 0 aliphatic carbocycles. The third-order valence-electron chi connectivity index (χ3n) is 3.30. The van der Waals surface area contributed by atoms with Gasteiger partial charge in [-0.15, -0.1) is 0 Å². The first-order valence-corrected chi connectivity index (χ1v) is 7.73. The van der Waals surface area contributed by atoms with Crippen molar-refractivity contribution in [3.63, 3.8) is 0 Å². The molecule has 0 bridgehead atoms. The molecule has 2 aromatic rings. The predicted molar refractivity (Wildman–Crippen MR) is 90.0 cm³/mol. The van der Waals surface area contributed by atoms with E-state index in [1.807, 2.05) is 0 Å². The van der Waals surface area contributed by atoms with Gasteiger partial charge in [-0.25, -0.2) is 9.18 Å². The van der Waals surface area contributed by atoms with E-state index < -0.39 is 24.2 Å². The molecule has 0 atom stereocenters. The molecule has 25 heavy (non-hydrogen) atoms. The number of benzene rings is 2. The van der Waals surface area contributed by atoms with Crippen molar-refractivity contribution in [3.05, 3.63) is 70.0 Å². The standard InChI is InChI=1S/C18H15ClFNO4/c1-11(22)21-9-12-2-4-13(5-3-12)17(23)10-25-18(24)15-7-6-14(19)8-16(15)20/h2-8H,9-10H2,1H3,(H,21,22). The largest absolute Gasteiger partial charge is 0.454 e. The summed E-state index contributed by atoms with van der Waals surface area (Å²) in [6.45, 7) is 1.26. The molecule has 0 fully saturated rings. The van der Waals surface area contributed by atoms with Crippen LogP contribution in [0.25, 0.3) is 0 Å². The lowest BCUT2D eigenvalue weighted by Gasteiger charge is -2.07. The first kappa shape index (κ1) is 18.6. The van der Waals surface area contributed by atoms with E-state index in [2.05, 4.69) is 5.32 Å². The van der Waals surface area contributed by atoms with Crippen molar-refractivity contribution in [3.8, 4) is 0 Å². The van der Waals surface area contributed by atoms with Crippen LogP contribution in [0.3, 0.4) is 0 Å². The van der Waals surface area contributed by atoms with E-state index >= 15 is 0 Å². The molecule has 1 amide bonds. The number of esters is 1. The Hall–Kier alpha value is -2.73. The minimum absolute atomic E-state index is 0.151. The molecule has 2 aromatic carbocycles. The van der Waals surface area contributed by atoms with Crippen LogP contribution in [0.2, 0.25) is 5.02 Å². The highest BCUT2D eigenvalue weighted by Gasteiger charge is 2.16. The normalized spacial score (nSPS) is 10.2. The third kappa shape index (κ3) is 5.39. The van der Waals surface area contributed by atoms with E-state index in [1.165, 1.54) is 19.1 Å². The van der Waals surface area contributed by atoms with Gasteiger partial charge in [0.25, 0.3) is 0 Å². The highest BCUT2D eigenvalue weighted by atomic mass is 35.5. The van der Waals surface area contributed by atoms with Crippen LogP contribution in [0.1, 0.15) is 33.2 Å². The van der Waals surface area contributed by atoms with Crippen molar-refractivity contribution in [1.29, 1.82) is 0 Å². The molecule has 5 nitrogen and oxygen atoms in total. The Morgan fingerprint density at radius 3 is 2.40 bits per heavy atom. The van der Waals surface area contributed by atoms with Crippen LogP contribution < -0.4 is 5.32 Å². The molecule has 2 rings (SSSR count). The maximum atomic E-state index is 13.6. The first-order chi connectivity index (χ1) is 11.9. The summed E-state index contributed by atoms with van der Waals surface area (Å²) in [5.74, 6) is -2.33. The van der Waals surface area contributed by atoms with Gasteiger partial charge in [-0.2, -0.15) is 0 Å². The Bertz CT molecular complexity index is 805. The zero-order chi connectivity index (χ0) is 18.4. The Labute approximate surface area is 148 Å². The van der Waals surface area contributed by atoms with Crippen molar-refractivity contribution < 1.29 is 23.5 Å². The van der Waals surface area contributed by atoms with Gasteiger partial charge in [0.05, 0.1) is 5.56 Å². The number of rotatable bonds is 6. The van der Waals surface area contributed by atoms with Gasteiger partial charge in [-0.3, -0.25) is 9.59 Å². The molecule has 130 valence electrons. The lowest BCUT2D eigenvalue weighted by Crippen LogP contribution is -2.19. The summed E-state index contributed by atoms with van der Waals surface area (Å²) >= 11 is 5.61. The van der Waals surface area contributed by atoms with Crippen LogP contribution in [0.4, 0.5) is 4.39 Å². The summed E-state index contributed by atoms with van der Waals surface area (Å²) in [6, 6.07) is 10.0. The molecule has 1 N–H and O–H groups in total.